The van der Waals surface area contributed by atoms with Crippen molar-refractivity contribution in [2.45, 2.75) is 39.3 Å². The van der Waals surface area contributed by atoms with Crippen molar-refractivity contribution in [1.82, 2.24) is 15.4 Å². The van der Waals surface area contributed by atoms with E-state index in [1.807, 2.05) is 6.08 Å². The summed E-state index contributed by atoms with van der Waals surface area (Å²) in [5.41, 5.74) is 3.80. The van der Waals surface area contributed by atoms with Crippen molar-refractivity contribution in [2.24, 2.45) is 0 Å². The average Bonchev–Trinajstić information content (AvgIpc) is 2.92. The van der Waals surface area contributed by atoms with E-state index < -0.39 is 11.7 Å². The number of carbonyl (C=O) groups is 1. The molecular weight excluding hydrogens is 435 g/mol. The van der Waals surface area contributed by atoms with Gasteiger partial charge in [0.25, 0.3) is 0 Å². The summed E-state index contributed by atoms with van der Waals surface area (Å²) < 4.78 is 39.3. The molecule has 0 saturated carbocycles. The molecule has 0 spiro atoms. The molecule has 0 unspecified atom stereocenters. The molecule has 0 fully saturated rings. The number of nitrogens with one attached hydrogen (secondary N) is 1. The molecule has 30 heavy (non-hydrogen) atoms. The van der Waals surface area contributed by atoms with Gasteiger partial charge in [0.1, 0.15) is 5.01 Å². The number of Topliss-reactive ketones (excluding diaryl/α,β-unsaturated/α-hetero) is 1. The van der Waals surface area contributed by atoms with E-state index in [1.54, 1.807) is 6.92 Å². The molecule has 1 N–H and O–H groups in total. The second-order valence-corrected chi connectivity index (χ2v) is 8.55. The highest BCUT2D eigenvalue weighted by Gasteiger charge is 2.31. The van der Waals surface area contributed by atoms with Crippen LogP contribution in [0, 0.1) is 6.92 Å². The maximum Gasteiger partial charge on any atom is 0.416 e. The number of thiazole rings is 1. The third-order valence-corrected chi connectivity index (χ3v) is 6.40. The Labute approximate surface area is 182 Å². The molecule has 1 aliphatic rings. The summed E-state index contributed by atoms with van der Waals surface area (Å²) in [6, 6.07) is 3.12. The Morgan fingerprint density at radius 3 is 2.83 bits per heavy atom. The predicted molar refractivity (Wildman–Crippen MR) is 114 cm³/mol. The standard InChI is InChI=1S/C21H23ClF3N3OS/c1-3-4-9-28-10-5-6-14(12-26-28)18(29)19-13(2)27-20(30-19)16-11-15(21(23,24)25)7-8-17(16)22/h6-8,11,26H,3-5,9-10,12H2,1-2H3. The molecule has 0 atom stereocenters. The van der Waals surface area contributed by atoms with Gasteiger partial charge in [-0.05, 0) is 38.0 Å². The minimum absolute atomic E-state index is 0.149. The van der Waals surface area contributed by atoms with E-state index in [0.29, 0.717) is 27.7 Å². The largest absolute Gasteiger partial charge is 0.416 e. The minimum atomic E-state index is -4.48. The first kappa shape index (κ1) is 22.9. The summed E-state index contributed by atoms with van der Waals surface area (Å²) in [6.07, 6.45) is 0.369. The van der Waals surface area contributed by atoms with Gasteiger partial charge in [0.05, 0.1) is 21.2 Å². The average molecular weight is 458 g/mol. The molecule has 162 valence electrons. The van der Waals surface area contributed by atoms with E-state index >= 15 is 0 Å². The molecule has 1 aliphatic heterocycles. The van der Waals surface area contributed by atoms with Crippen LogP contribution in [0.25, 0.3) is 10.6 Å². The van der Waals surface area contributed by atoms with Gasteiger partial charge in [-0.2, -0.15) is 13.2 Å². The van der Waals surface area contributed by atoms with Crippen molar-refractivity contribution < 1.29 is 18.0 Å². The molecule has 0 aliphatic carbocycles. The molecule has 4 nitrogen and oxygen atoms in total. The van der Waals surface area contributed by atoms with Crippen LogP contribution in [0.5, 0.6) is 0 Å². The van der Waals surface area contributed by atoms with Crippen LogP contribution in [0.15, 0.2) is 29.8 Å². The van der Waals surface area contributed by atoms with E-state index in [4.69, 9.17) is 11.6 Å². The van der Waals surface area contributed by atoms with Gasteiger partial charge in [-0.15, -0.1) is 11.3 Å². The van der Waals surface area contributed by atoms with E-state index in [9.17, 15) is 18.0 Å². The van der Waals surface area contributed by atoms with Gasteiger partial charge in [-0.1, -0.05) is 31.0 Å². The summed E-state index contributed by atoms with van der Waals surface area (Å²) in [5, 5.41) is 2.59. The quantitative estimate of drug-likeness (QED) is 0.548. The molecule has 0 bridgehead atoms. The number of hydrazine groups is 1. The van der Waals surface area contributed by atoms with E-state index in [-0.39, 0.29) is 16.4 Å². The van der Waals surface area contributed by atoms with Gasteiger partial charge in [-0.25, -0.2) is 9.99 Å². The van der Waals surface area contributed by atoms with E-state index in [2.05, 4.69) is 22.3 Å². The Kier molecular flexibility index (Phi) is 7.34. The van der Waals surface area contributed by atoms with Gasteiger partial charge < -0.3 is 0 Å². The third-order valence-electron chi connectivity index (χ3n) is 4.88. The maximum absolute atomic E-state index is 13.1. The first-order chi connectivity index (χ1) is 14.2. The number of aryl methyl sites for hydroxylation is 1. The van der Waals surface area contributed by atoms with Crippen LogP contribution < -0.4 is 5.43 Å². The van der Waals surface area contributed by atoms with Crippen LogP contribution in [0.3, 0.4) is 0 Å². The fourth-order valence-corrected chi connectivity index (χ4v) is 4.52. The zero-order valence-corrected chi connectivity index (χ0v) is 18.3. The Hall–Kier alpha value is -1.74. The highest BCUT2D eigenvalue weighted by molar-refractivity contribution is 7.17. The SMILES string of the molecule is CCCCN1CCC=C(C(=O)c2sc(-c3cc(C(F)(F)F)ccc3Cl)nc2C)CN1. The topological polar surface area (TPSA) is 45.2 Å². The second-order valence-electron chi connectivity index (χ2n) is 7.15. The third kappa shape index (κ3) is 5.29. The number of nitrogens with zero attached hydrogens (tertiary/aromatic N) is 2. The van der Waals surface area contributed by atoms with E-state index in [0.717, 1.165) is 55.8 Å². The van der Waals surface area contributed by atoms with E-state index in [1.165, 1.54) is 6.07 Å². The number of carbonyl (C=O) groups excluding carboxylic acids is 1. The second kappa shape index (κ2) is 9.60. The molecule has 3 rings (SSSR count). The smallest absolute Gasteiger partial charge is 0.288 e. The Balaban J connectivity index is 1.83. The zero-order chi connectivity index (χ0) is 21.9. The van der Waals surface area contributed by atoms with Gasteiger partial charge in [0.15, 0.2) is 0 Å². The van der Waals surface area contributed by atoms with Crippen molar-refractivity contribution >= 4 is 28.7 Å². The highest BCUT2D eigenvalue weighted by Crippen LogP contribution is 2.38. The van der Waals surface area contributed by atoms with Crippen LogP contribution >= 0.6 is 22.9 Å². The summed E-state index contributed by atoms with van der Waals surface area (Å²) in [4.78, 5) is 17.9. The lowest BCUT2D eigenvalue weighted by Gasteiger charge is -2.20. The number of unbranched alkanes of at least 4 members (excludes halogenated alkanes) is 1. The predicted octanol–water partition coefficient (Wildman–Crippen LogP) is 5.91. The number of aromatic nitrogens is 1. The van der Waals surface area contributed by atoms with Crippen LogP contribution in [-0.2, 0) is 6.18 Å². The summed E-state index contributed by atoms with van der Waals surface area (Å²) in [5.74, 6) is -0.149. The summed E-state index contributed by atoms with van der Waals surface area (Å²) in [7, 11) is 0. The monoisotopic (exact) mass is 457 g/mol. The van der Waals surface area contributed by atoms with Gasteiger partial charge >= 0.3 is 6.18 Å². The number of hydrogen-bond donors (Lipinski definition) is 1. The molecule has 0 saturated heterocycles. The van der Waals surface area contributed by atoms with Crippen LogP contribution in [0.1, 0.15) is 47.1 Å². The Morgan fingerprint density at radius 2 is 2.13 bits per heavy atom. The fraction of sp³-hybridized carbons (Fsp3) is 0.429. The number of hydrogen-bond acceptors (Lipinski definition) is 5. The number of rotatable bonds is 6. The summed E-state index contributed by atoms with van der Waals surface area (Å²) in [6.45, 7) is 5.98. The molecule has 1 aromatic heterocycles. The highest BCUT2D eigenvalue weighted by atomic mass is 35.5. The molecule has 2 heterocycles. The molecule has 1 aromatic carbocycles. The lowest BCUT2D eigenvalue weighted by atomic mass is 10.1. The van der Waals surface area contributed by atoms with Crippen molar-refractivity contribution in [3.05, 3.63) is 51.0 Å². The number of halogens is 4. The first-order valence-corrected chi connectivity index (χ1v) is 11.0. The van der Waals surface area contributed by atoms with Crippen molar-refractivity contribution in [3.63, 3.8) is 0 Å². The molecule has 0 amide bonds. The number of ketones is 1. The van der Waals surface area contributed by atoms with Gasteiger partial charge in [0, 0.05) is 30.8 Å². The molecule has 9 heteroatoms. The Morgan fingerprint density at radius 1 is 1.37 bits per heavy atom. The van der Waals surface area contributed by atoms with Crippen LogP contribution in [-0.4, -0.2) is 35.4 Å². The van der Waals surface area contributed by atoms with Crippen molar-refractivity contribution in [1.29, 1.82) is 0 Å². The van der Waals surface area contributed by atoms with Gasteiger partial charge in [0.2, 0.25) is 5.78 Å². The number of alkyl halides is 3. The Bertz CT molecular complexity index is 955. The van der Waals surface area contributed by atoms with Crippen LogP contribution in [0.2, 0.25) is 5.02 Å². The number of benzene rings is 1. The van der Waals surface area contributed by atoms with Crippen molar-refractivity contribution in [3.8, 4) is 10.6 Å². The molecule has 2 aromatic rings. The zero-order valence-electron chi connectivity index (χ0n) is 16.8. The van der Waals surface area contributed by atoms with Gasteiger partial charge in [-0.3, -0.25) is 10.2 Å². The van der Waals surface area contributed by atoms with Crippen molar-refractivity contribution in [2.75, 3.05) is 19.6 Å². The lowest BCUT2D eigenvalue weighted by Crippen LogP contribution is -2.39. The lowest BCUT2D eigenvalue weighted by molar-refractivity contribution is -0.137. The van der Waals surface area contributed by atoms with Crippen LogP contribution in [0.4, 0.5) is 13.2 Å². The minimum Gasteiger partial charge on any atom is -0.288 e. The summed E-state index contributed by atoms with van der Waals surface area (Å²) >= 11 is 7.21. The fourth-order valence-electron chi connectivity index (χ4n) is 3.19. The molecular formula is C21H23ClF3N3OS. The molecule has 0 radical (unpaired) electrons. The normalized spacial score (nSPS) is 15.7. The first-order valence-electron chi connectivity index (χ1n) is 9.77. The maximum atomic E-state index is 13.1.